The molecule has 0 saturated carbocycles. The molecule has 0 aliphatic carbocycles. The molecule has 2 rings (SSSR count). The fourth-order valence-electron chi connectivity index (χ4n) is 1.41. The van der Waals surface area contributed by atoms with Gasteiger partial charge in [0, 0.05) is 19.7 Å². The van der Waals surface area contributed by atoms with Crippen LogP contribution in [0.15, 0.2) is 28.9 Å². The molecule has 2 aromatic rings. The Balaban J connectivity index is 1.93. The highest BCUT2D eigenvalue weighted by atomic mass is 16.3. The van der Waals surface area contributed by atoms with Crippen molar-refractivity contribution in [3.05, 3.63) is 36.0 Å². The largest absolute Gasteiger partial charge is 0.464 e. The molecule has 1 N–H and O–H groups in total. The van der Waals surface area contributed by atoms with Crippen LogP contribution in [0.3, 0.4) is 0 Å². The van der Waals surface area contributed by atoms with Crippen LogP contribution in [0.25, 0.3) is 0 Å². The van der Waals surface area contributed by atoms with Crippen molar-refractivity contribution in [2.45, 2.75) is 19.9 Å². The normalized spacial score (nSPS) is 10.5. The maximum atomic E-state index is 5.57. The number of aryl methyl sites for hydroxylation is 2. The average Bonchev–Trinajstić information content (AvgIpc) is 2.83. The van der Waals surface area contributed by atoms with Gasteiger partial charge in [-0.15, -0.1) is 0 Å². The van der Waals surface area contributed by atoms with E-state index < -0.39 is 0 Å². The van der Waals surface area contributed by atoms with Gasteiger partial charge in [-0.3, -0.25) is 4.68 Å². The number of hydrogen-bond donors (Lipinski definition) is 1. The lowest BCUT2D eigenvalue weighted by molar-refractivity contribution is 0.476. The third kappa shape index (κ3) is 2.40. The highest BCUT2D eigenvalue weighted by Gasteiger charge is 2.00. The zero-order valence-corrected chi connectivity index (χ0v) is 9.03. The van der Waals surface area contributed by atoms with E-state index >= 15 is 0 Å². The summed E-state index contributed by atoms with van der Waals surface area (Å²) in [5.41, 5.74) is 1.01. The third-order valence-electron chi connectivity index (χ3n) is 2.24. The zero-order valence-electron chi connectivity index (χ0n) is 9.03. The molecule has 15 heavy (non-hydrogen) atoms. The summed E-state index contributed by atoms with van der Waals surface area (Å²) in [5, 5.41) is 7.32. The van der Waals surface area contributed by atoms with Crippen molar-refractivity contribution in [3.63, 3.8) is 0 Å². The molecule has 2 aromatic heterocycles. The third-order valence-corrected chi connectivity index (χ3v) is 2.24. The SMILES string of the molecule is CCc1ccc(CNc2cnn(C)c2)o1. The molecular weight excluding hydrogens is 190 g/mol. The second kappa shape index (κ2) is 4.21. The van der Waals surface area contributed by atoms with Crippen LogP contribution in [0.4, 0.5) is 5.69 Å². The summed E-state index contributed by atoms with van der Waals surface area (Å²) >= 11 is 0. The number of anilines is 1. The molecule has 0 spiro atoms. The number of hydrogen-bond acceptors (Lipinski definition) is 3. The zero-order chi connectivity index (χ0) is 10.7. The second-order valence-electron chi connectivity index (χ2n) is 3.48. The van der Waals surface area contributed by atoms with Gasteiger partial charge in [0.15, 0.2) is 0 Å². The lowest BCUT2D eigenvalue weighted by Gasteiger charge is -1.99. The first-order valence-electron chi connectivity index (χ1n) is 5.08. The molecule has 0 bridgehead atoms. The summed E-state index contributed by atoms with van der Waals surface area (Å²) in [6, 6.07) is 4.02. The van der Waals surface area contributed by atoms with Gasteiger partial charge >= 0.3 is 0 Å². The highest BCUT2D eigenvalue weighted by molar-refractivity contribution is 5.38. The maximum absolute atomic E-state index is 5.57. The molecule has 0 saturated heterocycles. The number of furan rings is 1. The molecule has 4 heteroatoms. The molecular formula is C11H15N3O. The number of aromatic nitrogens is 2. The maximum Gasteiger partial charge on any atom is 0.123 e. The van der Waals surface area contributed by atoms with Crippen LogP contribution in [-0.2, 0) is 20.0 Å². The first kappa shape index (κ1) is 9.83. The van der Waals surface area contributed by atoms with Crippen molar-refractivity contribution in [1.82, 2.24) is 9.78 Å². The van der Waals surface area contributed by atoms with E-state index in [1.807, 2.05) is 25.4 Å². The summed E-state index contributed by atoms with van der Waals surface area (Å²) in [6.07, 6.45) is 4.67. The van der Waals surface area contributed by atoms with Crippen LogP contribution in [0.5, 0.6) is 0 Å². The molecule has 0 unspecified atom stereocenters. The van der Waals surface area contributed by atoms with Crippen molar-refractivity contribution >= 4 is 5.69 Å². The van der Waals surface area contributed by atoms with E-state index in [0.717, 1.165) is 23.6 Å². The molecule has 0 fully saturated rings. The Morgan fingerprint density at radius 3 is 2.80 bits per heavy atom. The van der Waals surface area contributed by atoms with Gasteiger partial charge in [-0.05, 0) is 12.1 Å². The first-order valence-corrected chi connectivity index (χ1v) is 5.08. The van der Waals surface area contributed by atoms with Crippen LogP contribution >= 0.6 is 0 Å². The predicted molar refractivity (Wildman–Crippen MR) is 58.6 cm³/mol. The van der Waals surface area contributed by atoms with Gasteiger partial charge in [-0.2, -0.15) is 5.10 Å². The fourth-order valence-corrected chi connectivity index (χ4v) is 1.41. The summed E-state index contributed by atoms with van der Waals surface area (Å²) in [7, 11) is 1.90. The van der Waals surface area contributed by atoms with Crippen LogP contribution in [-0.4, -0.2) is 9.78 Å². The van der Waals surface area contributed by atoms with Crippen molar-refractivity contribution in [2.24, 2.45) is 7.05 Å². The quantitative estimate of drug-likeness (QED) is 0.832. The van der Waals surface area contributed by atoms with Gasteiger partial charge < -0.3 is 9.73 Å². The minimum Gasteiger partial charge on any atom is -0.464 e. The fraction of sp³-hybridized carbons (Fsp3) is 0.364. The van der Waals surface area contributed by atoms with Crippen molar-refractivity contribution in [3.8, 4) is 0 Å². The summed E-state index contributed by atoms with van der Waals surface area (Å²) < 4.78 is 7.34. The Kier molecular flexibility index (Phi) is 2.76. The van der Waals surface area contributed by atoms with Gasteiger partial charge in [0.05, 0.1) is 18.4 Å². The molecule has 4 nitrogen and oxygen atoms in total. The smallest absolute Gasteiger partial charge is 0.123 e. The van der Waals surface area contributed by atoms with E-state index in [-0.39, 0.29) is 0 Å². The van der Waals surface area contributed by atoms with E-state index in [2.05, 4.69) is 17.3 Å². The molecule has 80 valence electrons. The van der Waals surface area contributed by atoms with Crippen molar-refractivity contribution in [1.29, 1.82) is 0 Å². The Morgan fingerprint density at radius 1 is 1.40 bits per heavy atom. The number of rotatable bonds is 4. The molecule has 0 aliphatic heterocycles. The first-order chi connectivity index (χ1) is 7.28. The monoisotopic (exact) mass is 205 g/mol. The van der Waals surface area contributed by atoms with Crippen molar-refractivity contribution in [2.75, 3.05) is 5.32 Å². The van der Waals surface area contributed by atoms with Gasteiger partial charge in [-0.25, -0.2) is 0 Å². The van der Waals surface area contributed by atoms with E-state index in [9.17, 15) is 0 Å². The van der Waals surface area contributed by atoms with Gasteiger partial charge in [0.2, 0.25) is 0 Å². The Hall–Kier alpha value is -1.71. The van der Waals surface area contributed by atoms with E-state index in [1.165, 1.54) is 0 Å². The summed E-state index contributed by atoms with van der Waals surface area (Å²) in [5.74, 6) is 1.98. The van der Waals surface area contributed by atoms with E-state index in [1.54, 1.807) is 10.9 Å². The molecule has 0 atom stereocenters. The summed E-state index contributed by atoms with van der Waals surface area (Å²) in [6.45, 7) is 2.78. The lowest BCUT2D eigenvalue weighted by atomic mass is 10.3. The Morgan fingerprint density at radius 2 is 2.20 bits per heavy atom. The number of nitrogens with one attached hydrogen (secondary N) is 1. The standard InChI is InChI=1S/C11H15N3O/c1-3-10-4-5-11(15-10)7-12-9-6-13-14(2)8-9/h4-6,8,12H,3,7H2,1-2H3. The lowest BCUT2D eigenvalue weighted by Crippen LogP contribution is -1.96. The van der Waals surface area contributed by atoms with E-state index in [0.29, 0.717) is 6.54 Å². The predicted octanol–water partition coefficient (Wildman–Crippen LogP) is 2.19. The molecule has 0 amide bonds. The van der Waals surface area contributed by atoms with Crippen molar-refractivity contribution < 1.29 is 4.42 Å². The van der Waals surface area contributed by atoms with Crippen LogP contribution < -0.4 is 5.32 Å². The van der Waals surface area contributed by atoms with Gasteiger partial charge in [0.1, 0.15) is 11.5 Å². The topological polar surface area (TPSA) is 43.0 Å². The van der Waals surface area contributed by atoms with Crippen LogP contribution in [0.1, 0.15) is 18.4 Å². The average molecular weight is 205 g/mol. The minimum atomic E-state index is 0.700. The Labute approximate surface area is 88.9 Å². The van der Waals surface area contributed by atoms with Crippen LogP contribution in [0, 0.1) is 0 Å². The molecule has 0 aliphatic rings. The molecule has 2 heterocycles. The van der Waals surface area contributed by atoms with Gasteiger partial charge in [0.25, 0.3) is 0 Å². The molecule has 0 aromatic carbocycles. The minimum absolute atomic E-state index is 0.700. The summed E-state index contributed by atoms with van der Waals surface area (Å²) in [4.78, 5) is 0. The van der Waals surface area contributed by atoms with Crippen LogP contribution in [0.2, 0.25) is 0 Å². The highest BCUT2D eigenvalue weighted by Crippen LogP contribution is 2.11. The second-order valence-corrected chi connectivity index (χ2v) is 3.48. The Bertz CT molecular complexity index is 430. The molecule has 0 radical (unpaired) electrons. The van der Waals surface area contributed by atoms with Gasteiger partial charge in [-0.1, -0.05) is 6.92 Å². The number of nitrogens with zero attached hydrogens (tertiary/aromatic N) is 2. The van der Waals surface area contributed by atoms with E-state index in [4.69, 9.17) is 4.42 Å².